The number of aliphatic hydroxyl groups is 1. The van der Waals surface area contributed by atoms with Gasteiger partial charge in [-0.2, -0.15) is 0 Å². The molecule has 6 nitrogen and oxygen atoms in total. The topological polar surface area (TPSA) is 98.7 Å². The number of carboxylic acid groups (broad SMARTS) is 1. The van der Waals surface area contributed by atoms with Crippen LogP contribution in [0.2, 0.25) is 0 Å². The highest BCUT2D eigenvalue weighted by atomic mass is 16.4. The summed E-state index contributed by atoms with van der Waals surface area (Å²) in [5.74, 6) is -0.984. The van der Waals surface area contributed by atoms with Gasteiger partial charge in [-0.05, 0) is 31.0 Å². The zero-order valence-electron chi connectivity index (χ0n) is 11.9. The molecule has 1 atom stereocenters. The molecule has 0 aliphatic heterocycles. The third-order valence-electron chi connectivity index (χ3n) is 2.87. The fraction of sp³-hybridized carbons (Fsp3) is 0.333. The SMILES string of the molecule is C/C=C/CC(CO)NC(=O)NCc1ccc(C(=O)O)cc1. The Hall–Kier alpha value is -2.34. The minimum atomic E-state index is -0.984. The highest BCUT2D eigenvalue weighted by molar-refractivity contribution is 5.87. The van der Waals surface area contributed by atoms with Crippen molar-refractivity contribution in [2.24, 2.45) is 0 Å². The Labute approximate surface area is 123 Å². The minimum absolute atomic E-state index is 0.134. The van der Waals surface area contributed by atoms with Gasteiger partial charge in [0.05, 0.1) is 18.2 Å². The molecule has 1 unspecified atom stereocenters. The standard InChI is InChI=1S/C15H20N2O4/c1-2-3-4-13(10-18)17-15(21)16-9-11-5-7-12(8-6-11)14(19)20/h2-3,5-8,13,18H,4,9-10H2,1H3,(H,19,20)(H2,16,17,21)/b3-2+. The second-order valence-corrected chi connectivity index (χ2v) is 4.51. The van der Waals surface area contributed by atoms with Crippen LogP contribution in [0, 0.1) is 0 Å². The van der Waals surface area contributed by atoms with Crippen molar-refractivity contribution >= 4 is 12.0 Å². The van der Waals surface area contributed by atoms with E-state index in [9.17, 15) is 9.59 Å². The molecule has 0 bridgehead atoms. The molecule has 0 saturated carbocycles. The number of rotatable bonds is 7. The summed E-state index contributed by atoms with van der Waals surface area (Å²) in [7, 11) is 0. The van der Waals surface area contributed by atoms with Crippen molar-refractivity contribution in [1.82, 2.24) is 10.6 Å². The molecule has 0 radical (unpaired) electrons. The summed E-state index contributed by atoms with van der Waals surface area (Å²) >= 11 is 0. The summed E-state index contributed by atoms with van der Waals surface area (Å²) in [6.07, 6.45) is 4.28. The maximum Gasteiger partial charge on any atom is 0.335 e. The van der Waals surface area contributed by atoms with Gasteiger partial charge >= 0.3 is 12.0 Å². The first-order chi connectivity index (χ1) is 10.1. The largest absolute Gasteiger partial charge is 0.478 e. The van der Waals surface area contributed by atoms with Gasteiger partial charge in [-0.3, -0.25) is 0 Å². The monoisotopic (exact) mass is 292 g/mol. The second-order valence-electron chi connectivity index (χ2n) is 4.51. The Kier molecular flexibility index (Phi) is 6.97. The summed E-state index contributed by atoms with van der Waals surface area (Å²) in [5, 5.41) is 23.2. The number of allylic oxidation sites excluding steroid dienone is 1. The van der Waals surface area contributed by atoms with E-state index in [2.05, 4.69) is 10.6 Å². The second kappa shape index (κ2) is 8.76. The molecule has 0 heterocycles. The Morgan fingerprint density at radius 2 is 1.95 bits per heavy atom. The Bertz CT molecular complexity index is 497. The molecule has 0 spiro atoms. The van der Waals surface area contributed by atoms with Crippen LogP contribution in [0.5, 0.6) is 0 Å². The lowest BCUT2D eigenvalue weighted by atomic mass is 10.1. The number of aliphatic hydroxyl groups excluding tert-OH is 1. The molecule has 114 valence electrons. The molecule has 6 heteroatoms. The van der Waals surface area contributed by atoms with E-state index < -0.39 is 5.97 Å². The highest BCUT2D eigenvalue weighted by Gasteiger charge is 2.09. The first-order valence-corrected chi connectivity index (χ1v) is 6.65. The summed E-state index contributed by atoms with van der Waals surface area (Å²) in [6, 6.07) is 5.57. The van der Waals surface area contributed by atoms with Crippen LogP contribution in [0.25, 0.3) is 0 Å². The highest BCUT2D eigenvalue weighted by Crippen LogP contribution is 2.04. The zero-order chi connectivity index (χ0) is 15.7. The van der Waals surface area contributed by atoms with Gasteiger partial charge in [0.25, 0.3) is 0 Å². The number of hydrogen-bond donors (Lipinski definition) is 4. The lowest BCUT2D eigenvalue weighted by molar-refractivity contribution is 0.0697. The number of benzene rings is 1. The van der Waals surface area contributed by atoms with E-state index in [1.807, 2.05) is 19.1 Å². The first-order valence-electron chi connectivity index (χ1n) is 6.65. The van der Waals surface area contributed by atoms with Gasteiger partial charge in [-0.1, -0.05) is 24.3 Å². The number of nitrogens with one attached hydrogen (secondary N) is 2. The van der Waals surface area contributed by atoms with Gasteiger partial charge in [-0.15, -0.1) is 0 Å². The Morgan fingerprint density at radius 3 is 2.48 bits per heavy atom. The van der Waals surface area contributed by atoms with Crippen molar-refractivity contribution < 1.29 is 19.8 Å². The smallest absolute Gasteiger partial charge is 0.335 e. The molecular weight excluding hydrogens is 272 g/mol. The molecular formula is C15H20N2O4. The van der Waals surface area contributed by atoms with Gasteiger partial charge in [0.1, 0.15) is 0 Å². The molecule has 0 fully saturated rings. The van der Waals surface area contributed by atoms with Crippen LogP contribution in [-0.2, 0) is 6.54 Å². The van der Waals surface area contributed by atoms with Crippen LogP contribution < -0.4 is 10.6 Å². The Morgan fingerprint density at radius 1 is 1.29 bits per heavy atom. The van der Waals surface area contributed by atoms with Gasteiger partial charge < -0.3 is 20.8 Å². The van der Waals surface area contributed by atoms with Crippen molar-refractivity contribution in [3.05, 3.63) is 47.5 Å². The minimum Gasteiger partial charge on any atom is -0.478 e. The molecule has 1 aromatic rings. The van der Waals surface area contributed by atoms with Crippen LogP contribution in [0.1, 0.15) is 29.3 Å². The van der Waals surface area contributed by atoms with Crippen LogP contribution in [0.15, 0.2) is 36.4 Å². The number of aromatic carboxylic acids is 1. The summed E-state index contributed by atoms with van der Waals surface area (Å²) < 4.78 is 0. The molecule has 0 aromatic heterocycles. The molecule has 21 heavy (non-hydrogen) atoms. The van der Waals surface area contributed by atoms with Crippen molar-refractivity contribution in [2.45, 2.75) is 25.9 Å². The quantitative estimate of drug-likeness (QED) is 0.572. The van der Waals surface area contributed by atoms with Crippen LogP contribution in [0.4, 0.5) is 4.79 Å². The Balaban J connectivity index is 2.43. The zero-order valence-corrected chi connectivity index (χ0v) is 11.9. The number of hydrogen-bond acceptors (Lipinski definition) is 3. The van der Waals surface area contributed by atoms with Crippen molar-refractivity contribution in [3.8, 4) is 0 Å². The fourth-order valence-corrected chi connectivity index (χ4v) is 1.66. The lowest BCUT2D eigenvalue weighted by Gasteiger charge is -2.15. The average Bonchev–Trinajstić information content (AvgIpc) is 2.49. The van der Waals surface area contributed by atoms with Crippen LogP contribution in [0.3, 0.4) is 0 Å². The molecule has 0 saturated heterocycles. The summed E-state index contributed by atoms with van der Waals surface area (Å²) in [6.45, 7) is 2.02. The molecule has 1 rings (SSSR count). The number of amides is 2. The third-order valence-corrected chi connectivity index (χ3v) is 2.87. The number of carbonyl (C=O) groups is 2. The van der Waals surface area contributed by atoms with E-state index in [0.717, 1.165) is 5.56 Å². The van der Waals surface area contributed by atoms with Crippen molar-refractivity contribution in [1.29, 1.82) is 0 Å². The van der Waals surface area contributed by atoms with Crippen LogP contribution in [-0.4, -0.2) is 34.9 Å². The van der Waals surface area contributed by atoms with E-state index in [1.54, 1.807) is 12.1 Å². The molecule has 2 amide bonds. The maximum absolute atomic E-state index is 11.7. The molecule has 0 aliphatic rings. The van der Waals surface area contributed by atoms with E-state index >= 15 is 0 Å². The summed E-state index contributed by atoms with van der Waals surface area (Å²) in [4.78, 5) is 22.4. The number of carboxylic acids is 1. The molecule has 4 N–H and O–H groups in total. The van der Waals surface area contributed by atoms with Gasteiger partial charge in [0.2, 0.25) is 0 Å². The first kappa shape index (κ1) is 16.7. The van der Waals surface area contributed by atoms with Gasteiger partial charge in [0.15, 0.2) is 0 Å². The molecule has 1 aromatic carbocycles. The fourth-order valence-electron chi connectivity index (χ4n) is 1.66. The lowest BCUT2D eigenvalue weighted by Crippen LogP contribution is -2.43. The van der Waals surface area contributed by atoms with Crippen LogP contribution >= 0.6 is 0 Å². The average molecular weight is 292 g/mol. The van der Waals surface area contributed by atoms with Gasteiger partial charge in [-0.25, -0.2) is 9.59 Å². The predicted molar refractivity (Wildman–Crippen MR) is 79.1 cm³/mol. The van der Waals surface area contributed by atoms with Crippen molar-refractivity contribution in [2.75, 3.05) is 6.61 Å². The molecule has 0 aliphatic carbocycles. The third kappa shape index (κ3) is 6.09. The maximum atomic E-state index is 11.7. The van der Waals surface area contributed by atoms with E-state index in [4.69, 9.17) is 10.2 Å². The van der Waals surface area contributed by atoms with E-state index in [0.29, 0.717) is 6.42 Å². The van der Waals surface area contributed by atoms with Gasteiger partial charge in [0, 0.05) is 6.54 Å². The normalized spacial score (nSPS) is 12.1. The van der Waals surface area contributed by atoms with E-state index in [-0.39, 0.29) is 30.8 Å². The number of carbonyl (C=O) groups excluding carboxylic acids is 1. The summed E-state index contributed by atoms with van der Waals surface area (Å²) in [5.41, 5.74) is 0.999. The van der Waals surface area contributed by atoms with E-state index in [1.165, 1.54) is 12.1 Å². The predicted octanol–water partition coefficient (Wildman–Crippen LogP) is 1.51. The van der Waals surface area contributed by atoms with Crippen molar-refractivity contribution in [3.63, 3.8) is 0 Å². The number of urea groups is 1.